The number of rotatable bonds is 4. The highest BCUT2D eigenvalue weighted by atomic mass is 19.4. The summed E-state index contributed by atoms with van der Waals surface area (Å²) in [6.07, 6.45) is -3.09. The first kappa shape index (κ1) is 23.2. The molecule has 0 bridgehead atoms. The number of allylic oxidation sites excluding steroid dienone is 1. The van der Waals surface area contributed by atoms with E-state index in [9.17, 15) is 13.2 Å². The van der Waals surface area contributed by atoms with Gasteiger partial charge in [-0.3, -0.25) is 0 Å². The van der Waals surface area contributed by atoms with Crippen molar-refractivity contribution in [3.8, 4) is 0 Å². The molecule has 0 unspecified atom stereocenters. The number of nitrogens with one attached hydrogen (secondary N) is 1. The first-order valence-electron chi connectivity index (χ1n) is 7.29. The van der Waals surface area contributed by atoms with Gasteiger partial charge in [0, 0.05) is 32.4 Å². The van der Waals surface area contributed by atoms with Crippen molar-refractivity contribution in [3.63, 3.8) is 0 Å². The van der Waals surface area contributed by atoms with E-state index in [2.05, 4.69) is 15.3 Å². The van der Waals surface area contributed by atoms with E-state index in [4.69, 9.17) is 11.6 Å². The average Bonchev–Trinajstić information content (AvgIpc) is 2.49. The number of hydrazine groups is 1. The van der Waals surface area contributed by atoms with Gasteiger partial charge in [-0.1, -0.05) is 27.7 Å². The maximum absolute atomic E-state index is 12.6. The van der Waals surface area contributed by atoms with Crippen LogP contribution in [0, 0.1) is 0 Å². The molecule has 1 aromatic heterocycles. The van der Waals surface area contributed by atoms with Crippen LogP contribution in [0.1, 0.15) is 39.1 Å². The van der Waals surface area contributed by atoms with Crippen LogP contribution in [0.25, 0.3) is 0 Å². The Morgan fingerprint density at radius 2 is 1.78 bits per heavy atom. The largest absolute Gasteiger partial charge is 0.433 e. The lowest BCUT2D eigenvalue weighted by Crippen LogP contribution is -2.21. The second-order valence-electron chi connectivity index (χ2n) is 3.86. The van der Waals surface area contributed by atoms with Crippen LogP contribution in [0.3, 0.4) is 0 Å². The minimum atomic E-state index is -4.54. The summed E-state index contributed by atoms with van der Waals surface area (Å²) in [4.78, 5) is 7.26. The van der Waals surface area contributed by atoms with Crippen molar-refractivity contribution in [2.45, 2.75) is 40.3 Å². The number of nitrogens with two attached hydrogens (primary N) is 2. The fourth-order valence-electron chi connectivity index (χ4n) is 1.36. The van der Waals surface area contributed by atoms with Crippen molar-refractivity contribution in [1.29, 1.82) is 0 Å². The zero-order chi connectivity index (χ0) is 18.6. The van der Waals surface area contributed by atoms with Crippen LogP contribution < -0.4 is 16.9 Å². The minimum absolute atomic E-state index is 0.0435. The smallest absolute Gasteiger partial charge is 0.401 e. The summed E-state index contributed by atoms with van der Waals surface area (Å²) in [5, 5.41) is 3.68. The molecule has 6 nitrogen and oxygen atoms in total. The molecule has 0 radical (unpaired) electrons. The number of anilines is 1. The molecule has 1 rings (SSSR count). The zero-order valence-electron chi connectivity index (χ0n) is 14.5. The van der Waals surface area contributed by atoms with Crippen LogP contribution in [-0.2, 0) is 12.6 Å². The number of hydrogen-bond donors (Lipinski definition) is 3. The monoisotopic (exact) mass is 336 g/mol. The van der Waals surface area contributed by atoms with E-state index in [0.717, 1.165) is 6.07 Å². The highest BCUT2D eigenvalue weighted by molar-refractivity contribution is 5.30. The molecule has 134 valence electrons. The van der Waals surface area contributed by atoms with Gasteiger partial charge in [-0.2, -0.15) is 13.2 Å². The van der Waals surface area contributed by atoms with Crippen LogP contribution in [-0.4, -0.2) is 29.1 Å². The molecule has 1 heterocycles. The lowest BCUT2D eigenvalue weighted by molar-refractivity contribution is -0.141. The molecule has 1 aromatic rings. The van der Waals surface area contributed by atoms with E-state index in [-0.39, 0.29) is 18.1 Å². The van der Waals surface area contributed by atoms with Gasteiger partial charge in [0.05, 0.1) is 5.69 Å². The Morgan fingerprint density at radius 3 is 2.17 bits per heavy atom. The van der Waals surface area contributed by atoms with E-state index in [1.807, 2.05) is 27.7 Å². The molecule has 0 atom stereocenters. The van der Waals surface area contributed by atoms with E-state index in [0.29, 0.717) is 5.70 Å². The molecule has 0 aromatic carbocycles. The Morgan fingerprint density at radius 1 is 1.26 bits per heavy atom. The minimum Gasteiger partial charge on any atom is -0.401 e. The van der Waals surface area contributed by atoms with Crippen molar-refractivity contribution in [3.05, 3.63) is 29.4 Å². The molecule has 23 heavy (non-hydrogen) atoms. The molecule has 0 saturated heterocycles. The van der Waals surface area contributed by atoms with Gasteiger partial charge in [-0.15, -0.1) is 0 Å². The predicted molar refractivity (Wildman–Crippen MR) is 87.2 cm³/mol. The molecule has 5 N–H and O–H groups in total. The van der Waals surface area contributed by atoms with Crippen LogP contribution >= 0.6 is 0 Å². The van der Waals surface area contributed by atoms with Gasteiger partial charge in [0.25, 0.3) is 0 Å². The summed E-state index contributed by atoms with van der Waals surface area (Å²) in [5.41, 5.74) is 5.06. The normalized spacial score (nSPS) is 10.8. The van der Waals surface area contributed by atoms with Crippen molar-refractivity contribution < 1.29 is 13.2 Å². The third-order valence-electron chi connectivity index (χ3n) is 2.05. The summed E-state index contributed by atoms with van der Waals surface area (Å²) in [6, 6.07) is 0.859. The molecular weight excluding hydrogens is 309 g/mol. The molecule has 0 spiro atoms. The fourth-order valence-corrected chi connectivity index (χ4v) is 1.36. The van der Waals surface area contributed by atoms with E-state index < -0.39 is 11.9 Å². The molecule has 0 aliphatic carbocycles. The van der Waals surface area contributed by atoms with Gasteiger partial charge in [0.15, 0.2) is 0 Å². The summed E-state index contributed by atoms with van der Waals surface area (Å²) in [6.45, 7) is 8.00. The van der Waals surface area contributed by atoms with Crippen molar-refractivity contribution >= 4 is 5.95 Å². The summed E-state index contributed by atoms with van der Waals surface area (Å²) < 4.78 is 37.9. The third kappa shape index (κ3) is 9.56. The molecule has 0 saturated carbocycles. The third-order valence-corrected chi connectivity index (χ3v) is 2.05. The van der Waals surface area contributed by atoms with Gasteiger partial charge in [-0.25, -0.2) is 15.8 Å². The molecular formula is C14H27F3N6. The van der Waals surface area contributed by atoms with E-state index >= 15 is 0 Å². The highest BCUT2D eigenvalue weighted by Crippen LogP contribution is 2.28. The Kier molecular flexibility index (Phi) is 11.6. The Balaban J connectivity index is 0. The second-order valence-corrected chi connectivity index (χ2v) is 3.86. The van der Waals surface area contributed by atoms with Crippen LogP contribution in [0.15, 0.2) is 18.0 Å². The molecule has 0 fully saturated rings. The number of nitrogens with zero attached hydrogens (tertiary/aromatic N) is 3. The Labute approximate surface area is 135 Å². The fraction of sp³-hybridized carbons (Fsp3) is 0.571. The molecule has 0 aliphatic rings. The van der Waals surface area contributed by atoms with Gasteiger partial charge in [0.2, 0.25) is 5.95 Å². The molecule has 9 heteroatoms. The van der Waals surface area contributed by atoms with Crippen molar-refractivity contribution in [2.24, 2.45) is 11.6 Å². The summed E-state index contributed by atoms with van der Waals surface area (Å²) in [5.74, 6) is 5.24. The van der Waals surface area contributed by atoms with Crippen LogP contribution in [0.2, 0.25) is 0 Å². The maximum Gasteiger partial charge on any atom is 0.433 e. The van der Waals surface area contributed by atoms with E-state index in [1.165, 1.54) is 18.3 Å². The van der Waals surface area contributed by atoms with Crippen molar-refractivity contribution in [1.82, 2.24) is 15.0 Å². The Bertz CT molecular complexity index is 472. The first-order valence-corrected chi connectivity index (χ1v) is 7.29. The summed E-state index contributed by atoms with van der Waals surface area (Å²) >= 11 is 0. The summed E-state index contributed by atoms with van der Waals surface area (Å²) in [7, 11) is 2.99. The Hall–Kier alpha value is -2.03. The highest BCUT2D eigenvalue weighted by Gasteiger charge is 2.33. The number of aromatic nitrogens is 2. The van der Waals surface area contributed by atoms with E-state index in [1.54, 1.807) is 7.05 Å². The average molecular weight is 336 g/mol. The lowest BCUT2D eigenvalue weighted by Gasteiger charge is -2.11. The molecule has 0 aliphatic heterocycles. The standard InChI is InChI=1S/C10H15F3N6.2C2H6/c1-16-9-17-7(3-6(14)5-19(2)15)4-8(18-9)10(11,12)13;2*1-2/h4-5H,3,14-15H2,1-2H3,(H,16,17,18);2*1-2H3/b6-5-;;. The topological polar surface area (TPSA) is 93.1 Å². The number of hydrogen-bond acceptors (Lipinski definition) is 6. The van der Waals surface area contributed by atoms with Crippen molar-refractivity contribution in [2.75, 3.05) is 19.4 Å². The maximum atomic E-state index is 12.6. The second kappa shape index (κ2) is 11.5. The SMILES string of the molecule is CC.CC.CNc1nc(C/C(N)=C/N(C)N)cc(C(F)(F)F)n1. The quantitative estimate of drug-likeness (QED) is 0.578. The predicted octanol–water partition coefficient (Wildman–Crippen LogP) is 2.74. The van der Waals surface area contributed by atoms with Gasteiger partial charge >= 0.3 is 6.18 Å². The number of halogens is 3. The van der Waals surface area contributed by atoms with Crippen LogP contribution in [0.4, 0.5) is 19.1 Å². The van der Waals surface area contributed by atoms with Gasteiger partial charge in [0.1, 0.15) is 5.69 Å². The lowest BCUT2D eigenvalue weighted by atomic mass is 10.2. The zero-order valence-corrected chi connectivity index (χ0v) is 14.5. The number of alkyl halides is 3. The van der Waals surface area contributed by atoms with Gasteiger partial charge in [-0.05, 0) is 6.07 Å². The van der Waals surface area contributed by atoms with Crippen LogP contribution in [0.5, 0.6) is 0 Å². The first-order chi connectivity index (χ1) is 10.7. The van der Waals surface area contributed by atoms with Gasteiger partial charge < -0.3 is 16.1 Å². The molecule has 0 amide bonds.